The zero-order valence-corrected chi connectivity index (χ0v) is 12.1. The van der Waals surface area contributed by atoms with E-state index in [0.717, 1.165) is 5.56 Å². The lowest BCUT2D eigenvalue weighted by Crippen LogP contribution is -2.38. The Balaban J connectivity index is 2.44. The minimum atomic E-state index is -0.677. The van der Waals surface area contributed by atoms with Crippen molar-refractivity contribution in [2.45, 2.75) is 13.8 Å². The molecule has 0 atom stereocenters. The van der Waals surface area contributed by atoms with Gasteiger partial charge in [-0.05, 0) is 25.5 Å². The smallest absolute Gasteiger partial charge is 0.340 e. The third-order valence-electron chi connectivity index (χ3n) is 2.70. The number of amides is 2. The van der Waals surface area contributed by atoms with Crippen molar-refractivity contribution in [2.75, 3.05) is 25.4 Å². The van der Waals surface area contributed by atoms with E-state index in [9.17, 15) is 14.4 Å². The number of carbonyl (C=O) groups excluding carboxylic acids is 3. The molecule has 0 radical (unpaired) electrons. The second kappa shape index (κ2) is 7.88. The lowest BCUT2D eigenvalue weighted by molar-refractivity contribution is -0.127. The molecule has 0 saturated heterocycles. The molecule has 0 heterocycles. The molecule has 0 spiro atoms. The Kier molecular flexibility index (Phi) is 6.19. The molecular weight excluding hydrogens is 274 g/mol. The van der Waals surface area contributed by atoms with E-state index in [2.05, 4.69) is 10.6 Å². The van der Waals surface area contributed by atoms with Crippen molar-refractivity contribution in [3.05, 3.63) is 29.3 Å². The summed E-state index contributed by atoms with van der Waals surface area (Å²) in [4.78, 5) is 34.4. The lowest BCUT2D eigenvalue weighted by atomic mass is 10.1. The van der Waals surface area contributed by atoms with Gasteiger partial charge in [-0.15, -0.1) is 0 Å². The van der Waals surface area contributed by atoms with E-state index in [1.807, 2.05) is 0 Å². The summed E-state index contributed by atoms with van der Waals surface area (Å²) in [6, 6.07) is 4.97. The number of esters is 1. The Labute approximate surface area is 122 Å². The molecule has 1 rings (SSSR count). The average Bonchev–Trinajstić information content (AvgIpc) is 2.45. The normalized spacial score (nSPS) is 9.81. The molecule has 4 N–H and O–H groups in total. The van der Waals surface area contributed by atoms with Gasteiger partial charge in [0.05, 0.1) is 12.1 Å². The predicted molar refractivity (Wildman–Crippen MR) is 77.6 cm³/mol. The average molecular weight is 293 g/mol. The largest absolute Gasteiger partial charge is 0.452 e. The Bertz CT molecular complexity index is 543. The van der Waals surface area contributed by atoms with E-state index < -0.39 is 18.5 Å². The first-order valence-corrected chi connectivity index (χ1v) is 6.51. The highest BCUT2D eigenvalue weighted by atomic mass is 16.5. The molecule has 0 aromatic heterocycles. The number of para-hydroxylation sites is 1. The van der Waals surface area contributed by atoms with Gasteiger partial charge < -0.3 is 21.1 Å². The van der Waals surface area contributed by atoms with Gasteiger partial charge in [0.1, 0.15) is 0 Å². The van der Waals surface area contributed by atoms with Crippen LogP contribution >= 0.6 is 0 Å². The minimum Gasteiger partial charge on any atom is -0.452 e. The molecule has 7 heteroatoms. The number of likely N-dealkylation sites (N-methyl/N-ethyl adjacent to an activating group) is 1. The van der Waals surface area contributed by atoms with Crippen molar-refractivity contribution >= 4 is 23.5 Å². The van der Waals surface area contributed by atoms with Crippen molar-refractivity contribution in [2.24, 2.45) is 0 Å². The van der Waals surface area contributed by atoms with Gasteiger partial charge in [-0.25, -0.2) is 4.79 Å². The standard InChI is InChI=1S/C14H19N3O4/c1-3-16-11(18)7-17-12(19)8-21-14(20)10-6-4-5-9(2)13(10)15/h4-6H,3,7-8,15H2,1-2H3,(H,16,18)(H,17,19). The molecule has 1 aromatic carbocycles. The van der Waals surface area contributed by atoms with Gasteiger partial charge in [0, 0.05) is 12.2 Å². The van der Waals surface area contributed by atoms with E-state index >= 15 is 0 Å². The second-order valence-electron chi connectivity index (χ2n) is 4.34. The summed E-state index contributed by atoms with van der Waals surface area (Å²) in [5, 5.41) is 4.87. The fourth-order valence-electron chi connectivity index (χ4n) is 1.56. The summed E-state index contributed by atoms with van der Waals surface area (Å²) >= 11 is 0. The summed E-state index contributed by atoms with van der Waals surface area (Å²) in [5.41, 5.74) is 7.06. The maximum atomic E-state index is 11.8. The van der Waals surface area contributed by atoms with Gasteiger partial charge in [-0.2, -0.15) is 0 Å². The number of aryl methyl sites for hydroxylation is 1. The Morgan fingerprint density at radius 3 is 2.57 bits per heavy atom. The number of ether oxygens (including phenoxy) is 1. The summed E-state index contributed by atoms with van der Waals surface area (Å²) in [7, 11) is 0. The van der Waals surface area contributed by atoms with Crippen LogP contribution < -0.4 is 16.4 Å². The molecule has 114 valence electrons. The predicted octanol–water partition coefficient (Wildman–Crippen LogP) is -0.0137. The first-order valence-electron chi connectivity index (χ1n) is 6.51. The van der Waals surface area contributed by atoms with Crippen molar-refractivity contribution in [1.82, 2.24) is 10.6 Å². The highest BCUT2D eigenvalue weighted by molar-refractivity contribution is 5.97. The molecule has 0 fully saturated rings. The van der Waals surface area contributed by atoms with Gasteiger partial charge >= 0.3 is 5.97 Å². The molecular formula is C14H19N3O4. The Morgan fingerprint density at radius 2 is 1.90 bits per heavy atom. The summed E-state index contributed by atoms with van der Waals surface area (Å²) in [6.07, 6.45) is 0. The third kappa shape index (κ3) is 5.13. The maximum absolute atomic E-state index is 11.8. The molecule has 1 aromatic rings. The number of nitrogen functional groups attached to an aromatic ring is 1. The van der Waals surface area contributed by atoms with Gasteiger partial charge in [0.2, 0.25) is 5.91 Å². The van der Waals surface area contributed by atoms with Crippen LogP contribution in [0.15, 0.2) is 18.2 Å². The zero-order valence-electron chi connectivity index (χ0n) is 12.1. The summed E-state index contributed by atoms with van der Waals surface area (Å²) in [5.74, 6) is -1.54. The topological polar surface area (TPSA) is 111 Å². The molecule has 21 heavy (non-hydrogen) atoms. The van der Waals surface area contributed by atoms with Gasteiger partial charge in [0.25, 0.3) is 5.91 Å². The zero-order chi connectivity index (χ0) is 15.8. The number of anilines is 1. The Hall–Kier alpha value is -2.57. The van der Waals surface area contributed by atoms with Crippen LogP contribution in [0.2, 0.25) is 0 Å². The molecule has 0 saturated carbocycles. The molecule has 0 aliphatic heterocycles. The van der Waals surface area contributed by atoms with Crippen LogP contribution in [0.5, 0.6) is 0 Å². The second-order valence-corrected chi connectivity index (χ2v) is 4.34. The van der Waals surface area contributed by atoms with Crippen LogP contribution in [0.4, 0.5) is 5.69 Å². The Morgan fingerprint density at radius 1 is 1.19 bits per heavy atom. The summed E-state index contributed by atoms with van der Waals surface area (Å²) in [6.45, 7) is 3.40. The summed E-state index contributed by atoms with van der Waals surface area (Å²) < 4.78 is 4.86. The van der Waals surface area contributed by atoms with E-state index in [-0.39, 0.29) is 18.0 Å². The van der Waals surface area contributed by atoms with Gasteiger partial charge in [-0.1, -0.05) is 12.1 Å². The number of rotatable bonds is 6. The number of hydrogen-bond donors (Lipinski definition) is 3. The molecule has 7 nitrogen and oxygen atoms in total. The quantitative estimate of drug-likeness (QED) is 0.504. The monoisotopic (exact) mass is 293 g/mol. The highest BCUT2D eigenvalue weighted by Gasteiger charge is 2.14. The first kappa shape index (κ1) is 16.5. The van der Waals surface area contributed by atoms with Crippen LogP contribution in [0.1, 0.15) is 22.8 Å². The molecule has 0 aliphatic rings. The number of nitrogens with one attached hydrogen (secondary N) is 2. The minimum absolute atomic E-state index is 0.156. The van der Waals surface area contributed by atoms with E-state index in [1.54, 1.807) is 26.0 Å². The molecule has 0 unspecified atom stereocenters. The number of hydrogen-bond acceptors (Lipinski definition) is 5. The number of carbonyl (C=O) groups is 3. The molecule has 0 aliphatic carbocycles. The van der Waals surface area contributed by atoms with Crippen LogP contribution in [-0.4, -0.2) is 37.5 Å². The van der Waals surface area contributed by atoms with E-state index in [1.165, 1.54) is 6.07 Å². The van der Waals surface area contributed by atoms with Crippen molar-refractivity contribution in [3.63, 3.8) is 0 Å². The molecule has 2 amide bonds. The van der Waals surface area contributed by atoms with Crippen molar-refractivity contribution in [1.29, 1.82) is 0 Å². The van der Waals surface area contributed by atoms with Crippen molar-refractivity contribution < 1.29 is 19.1 Å². The van der Waals surface area contributed by atoms with Crippen LogP contribution in [0.25, 0.3) is 0 Å². The first-order chi connectivity index (χ1) is 9.95. The van der Waals surface area contributed by atoms with E-state index in [0.29, 0.717) is 12.2 Å². The van der Waals surface area contributed by atoms with Crippen LogP contribution in [0.3, 0.4) is 0 Å². The molecule has 0 bridgehead atoms. The van der Waals surface area contributed by atoms with Gasteiger partial charge in [-0.3, -0.25) is 9.59 Å². The third-order valence-corrected chi connectivity index (χ3v) is 2.70. The maximum Gasteiger partial charge on any atom is 0.340 e. The lowest BCUT2D eigenvalue weighted by Gasteiger charge is -2.09. The van der Waals surface area contributed by atoms with Crippen LogP contribution in [-0.2, 0) is 14.3 Å². The number of benzene rings is 1. The highest BCUT2D eigenvalue weighted by Crippen LogP contribution is 2.17. The fourth-order valence-corrected chi connectivity index (χ4v) is 1.56. The SMILES string of the molecule is CCNC(=O)CNC(=O)COC(=O)c1cccc(C)c1N. The van der Waals surface area contributed by atoms with Gasteiger partial charge in [0.15, 0.2) is 6.61 Å². The number of nitrogens with two attached hydrogens (primary N) is 1. The van der Waals surface area contributed by atoms with Crippen LogP contribution in [0, 0.1) is 6.92 Å². The fraction of sp³-hybridized carbons (Fsp3) is 0.357. The van der Waals surface area contributed by atoms with Crippen molar-refractivity contribution in [3.8, 4) is 0 Å². The van der Waals surface area contributed by atoms with E-state index in [4.69, 9.17) is 10.5 Å².